The smallest absolute Gasteiger partial charge is 0.353 e. The molecule has 2 heterocycles. The number of carboxylic acids is 1. The van der Waals surface area contributed by atoms with Crippen LogP contribution < -0.4 is 0 Å². The van der Waals surface area contributed by atoms with Crippen LogP contribution in [0.4, 0.5) is 0 Å². The number of carboxylic acid groups (broad SMARTS) is 1. The molecule has 2 aliphatic heterocycles. The molecule has 0 saturated carbocycles. The summed E-state index contributed by atoms with van der Waals surface area (Å²) in [6, 6.07) is 0. The molecule has 0 spiro atoms. The number of hydrogen-bond acceptors (Lipinski definition) is 4. The zero-order valence-corrected chi connectivity index (χ0v) is 9.21. The third kappa shape index (κ3) is 1.28. The van der Waals surface area contributed by atoms with E-state index < -0.39 is 12.1 Å². The minimum Gasteiger partial charge on any atom is -0.477 e. The Morgan fingerprint density at radius 1 is 1.67 bits per heavy atom. The van der Waals surface area contributed by atoms with Gasteiger partial charge in [0.15, 0.2) is 6.10 Å². The van der Waals surface area contributed by atoms with Crippen molar-refractivity contribution < 1.29 is 19.4 Å². The van der Waals surface area contributed by atoms with Gasteiger partial charge in [-0.2, -0.15) is 0 Å². The monoisotopic (exact) mass is 229 g/mol. The fourth-order valence-electron chi connectivity index (χ4n) is 1.82. The first-order chi connectivity index (χ1) is 7.11. The first-order valence-corrected chi connectivity index (χ1v) is 5.48. The Bertz CT molecular complexity index is 365. The van der Waals surface area contributed by atoms with Gasteiger partial charge in [0.1, 0.15) is 11.1 Å². The van der Waals surface area contributed by atoms with Crippen LogP contribution in [0.15, 0.2) is 10.6 Å². The molecule has 0 aromatic heterocycles. The highest BCUT2D eigenvalue weighted by molar-refractivity contribution is 8.04. The summed E-state index contributed by atoms with van der Waals surface area (Å²) < 4.78 is 5.00. The van der Waals surface area contributed by atoms with Crippen LogP contribution in [0.5, 0.6) is 0 Å². The van der Waals surface area contributed by atoms with Crippen LogP contribution in [0.25, 0.3) is 0 Å². The Morgan fingerprint density at radius 2 is 2.33 bits per heavy atom. The van der Waals surface area contributed by atoms with E-state index in [-0.39, 0.29) is 17.0 Å². The average molecular weight is 229 g/mol. The number of thioether (sulfide) groups is 1. The maximum atomic E-state index is 11.5. The molecule has 2 atom stereocenters. The van der Waals surface area contributed by atoms with Crippen LogP contribution in [-0.2, 0) is 14.3 Å². The van der Waals surface area contributed by atoms with Crippen molar-refractivity contribution in [2.45, 2.75) is 24.8 Å². The van der Waals surface area contributed by atoms with Gasteiger partial charge in [0.2, 0.25) is 0 Å². The maximum Gasteiger partial charge on any atom is 0.353 e. The Kier molecular flexibility index (Phi) is 2.47. The van der Waals surface area contributed by atoms with E-state index in [1.54, 1.807) is 0 Å². The molecule has 1 amide bonds. The Balaban J connectivity index is 2.29. The van der Waals surface area contributed by atoms with E-state index in [0.29, 0.717) is 6.42 Å². The standard InChI is InChI=1S/C9H11NO4S/c1-3-4-5(9(12)13)10-7(11)6(14-2)8(10)15-4/h6,8H,3H2,1-2H3,(H,12,13)/t6-,8+/m0/s1. The number of nitrogens with zero attached hydrogens (tertiary/aromatic N) is 1. The van der Waals surface area contributed by atoms with Gasteiger partial charge in [-0.05, 0) is 6.42 Å². The van der Waals surface area contributed by atoms with Crippen molar-refractivity contribution in [2.75, 3.05) is 7.11 Å². The highest BCUT2D eigenvalue weighted by Crippen LogP contribution is 2.48. The van der Waals surface area contributed by atoms with Gasteiger partial charge in [-0.25, -0.2) is 4.79 Å². The number of ether oxygens (including phenoxy) is 1. The SMILES string of the molecule is CCC1=C(C(=O)O)N2C(=O)[C@H](OC)[C@H]2S1. The summed E-state index contributed by atoms with van der Waals surface area (Å²) in [6.45, 7) is 1.88. The van der Waals surface area contributed by atoms with Crippen LogP contribution in [0, 0.1) is 0 Å². The number of allylic oxidation sites excluding steroid dienone is 1. The lowest BCUT2D eigenvalue weighted by molar-refractivity contribution is -0.161. The van der Waals surface area contributed by atoms with Crippen molar-refractivity contribution in [3.63, 3.8) is 0 Å². The molecule has 1 saturated heterocycles. The summed E-state index contributed by atoms with van der Waals surface area (Å²) in [7, 11) is 1.46. The van der Waals surface area contributed by atoms with Crippen LogP contribution in [0.2, 0.25) is 0 Å². The predicted octanol–water partition coefficient (Wildman–Crippen LogP) is 0.623. The first kappa shape index (κ1) is 10.5. The number of carbonyl (C=O) groups is 2. The van der Waals surface area contributed by atoms with Gasteiger partial charge in [0.05, 0.1) is 0 Å². The summed E-state index contributed by atoms with van der Waals surface area (Å²) >= 11 is 1.41. The summed E-state index contributed by atoms with van der Waals surface area (Å²) in [5.41, 5.74) is 0.130. The van der Waals surface area contributed by atoms with E-state index in [0.717, 1.165) is 4.91 Å². The molecule has 1 N–H and O–H groups in total. The summed E-state index contributed by atoms with van der Waals surface area (Å²) in [5.74, 6) is -1.29. The molecule has 82 valence electrons. The average Bonchev–Trinajstić information content (AvgIpc) is 2.53. The van der Waals surface area contributed by atoms with E-state index >= 15 is 0 Å². The van der Waals surface area contributed by atoms with Crippen molar-refractivity contribution in [3.05, 3.63) is 10.6 Å². The predicted molar refractivity (Wildman–Crippen MR) is 54.0 cm³/mol. The lowest BCUT2D eigenvalue weighted by Gasteiger charge is -2.40. The van der Waals surface area contributed by atoms with E-state index in [9.17, 15) is 9.59 Å². The molecule has 0 aliphatic carbocycles. The fraction of sp³-hybridized carbons (Fsp3) is 0.556. The van der Waals surface area contributed by atoms with E-state index in [4.69, 9.17) is 9.84 Å². The number of methoxy groups -OCH3 is 1. The molecule has 0 unspecified atom stereocenters. The maximum absolute atomic E-state index is 11.5. The number of carbonyl (C=O) groups excluding carboxylic acids is 1. The van der Waals surface area contributed by atoms with E-state index in [1.807, 2.05) is 6.92 Å². The van der Waals surface area contributed by atoms with Crippen molar-refractivity contribution in [1.29, 1.82) is 0 Å². The fourth-order valence-corrected chi connectivity index (χ4v) is 3.24. The second kappa shape index (κ2) is 3.53. The minimum absolute atomic E-state index is 0.130. The number of aliphatic carboxylic acids is 1. The minimum atomic E-state index is -1.04. The van der Waals surface area contributed by atoms with Crippen LogP contribution in [0.1, 0.15) is 13.3 Å². The normalized spacial score (nSPS) is 29.2. The van der Waals surface area contributed by atoms with Gasteiger partial charge >= 0.3 is 5.97 Å². The lowest BCUT2D eigenvalue weighted by Crippen LogP contribution is -2.61. The van der Waals surface area contributed by atoms with Gasteiger partial charge in [0, 0.05) is 12.0 Å². The number of hydrogen-bond donors (Lipinski definition) is 1. The third-order valence-electron chi connectivity index (χ3n) is 2.54. The van der Waals surface area contributed by atoms with Crippen LogP contribution >= 0.6 is 11.8 Å². The number of amides is 1. The van der Waals surface area contributed by atoms with Crippen LogP contribution in [-0.4, -0.2) is 40.5 Å². The third-order valence-corrected chi connectivity index (χ3v) is 4.01. The molecule has 1 fully saturated rings. The quantitative estimate of drug-likeness (QED) is 0.719. The van der Waals surface area contributed by atoms with Gasteiger partial charge in [-0.1, -0.05) is 18.7 Å². The molecule has 0 aromatic carbocycles. The molecule has 5 nitrogen and oxygen atoms in total. The van der Waals surface area contributed by atoms with Gasteiger partial charge in [-0.15, -0.1) is 0 Å². The van der Waals surface area contributed by atoms with Crippen molar-refractivity contribution in [1.82, 2.24) is 4.90 Å². The summed E-state index contributed by atoms with van der Waals surface area (Å²) in [6.07, 6.45) is 0.136. The molecule has 2 rings (SSSR count). The number of fused-ring (bicyclic) bond motifs is 1. The van der Waals surface area contributed by atoms with Gasteiger partial charge in [-0.3, -0.25) is 9.69 Å². The van der Waals surface area contributed by atoms with Crippen molar-refractivity contribution in [2.24, 2.45) is 0 Å². The van der Waals surface area contributed by atoms with Crippen molar-refractivity contribution in [3.8, 4) is 0 Å². The molecule has 6 heteroatoms. The van der Waals surface area contributed by atoms with Crippen LogP contribution in [0.3, 0.4) is 0 Å². The zero-order valence-electron chi connectivity index (χ0n) is 8.39. The highest BCUT2D eigenvalue weighted by Gasteiger charge is 2.56. The Labute approximate surface area is 91.1 Å². The van der Waals surface area contributed by atoms with E-state index in [1.165, 1.54) is 23.8 Å². The van der Waals surface area contributed by atoms with E-state index in [2.05, 4.69) is 0 Å². The number of rotatable bonds is 3. The Morgan fingerprint density at radius 3 is 2.80 bits per heavy atom. The molecule has 0 bridgehead atoms. The molecule has 0 aromatic rings. The van der Waals surface area contributed by atoms with Gasteiger partial charge < -0.3 is 9.84 Å². The highest BCUT2D eigenvalue weighted by atomic mass is 32.2. The summed E-state index contributed by atoms with van der Waals surface area (Å²) in [5, 5.41) is 8.83. The summed E-state index contributed by atoms with van der Waals surface area (Å²) in [4.78, 5) is 24.6. The second-order valence-electron chi connectivity index (χ2n) is 3.30. The molecular formula is C9H11NO4S. The van der Waals surface area contributed by atoms with Gasteiger partial charge in [0.25, 0.3) is 5.91 Å². The molecule has 0 radical (unpaired) electrons. The molecular weight excluding hydrogens is 218 g/mol. The lowest BCUT2D eigenvalue weighted by atomic mass is 10.1. The molecule has 2 aliphatic rings. The molecule has 15 heavy (non-hydrogen) atoms. The Hall–Kier alpha value is -1.01. The van der Waals surface area contributed by atoms with Crippen molar-refractivity contribution >= 4 is 23.6 Å². The topological polar surface area (TPSA) is 66.8 Å². The largest absolute Gasteiger partial charge is 0.477 e. The zero-order chi connectivity index (χ0) is 11.2. The number of β-lactam (4-membered cyclic amide) rings is 1. The first-order valence-electron chi connectivity index (χ1n) is 4.60. The second-order valence-corrected chi connectivity index (χ2v) is 4.51.